The molecule has 2 aliphatic heterocycles. The van der Waals surface area contributed by atoms with Crippen molar-refractivity contribution in [1.29, 1.82) is 0 Å². The molecule has 2 amide bonds. The van der Waals surface area contributed by atoms with Crippen LogP contribution in [0.2, 0.25) is 0 Å². The van der Waals surface area contributed by atoms with Gasteiger partial charge in [0.1, 0.15) is 0 Å². The maximum absolute atomic E-state index is 13.3. The Morgan fingerprint density at radius 3 is 2.77 bits per heavy atom. The number of thiophene rings is 1. The molecule has 0 saturated carbocycles. The van der Waals surface area contributed by atoms with Gasteiger partial charge < -0.3 is 15.1 Å². The Labute approximate surface area is 189 Å². The van der Waals surface area contributed by atoms with Crippen LogP contribution < -0.4 is 10.2 Å². The van der Waals surface area contributed by atoms with Gasteiger partial charge in [-0.1, -0.05) is 23.8 Å². The number of carbonyl (C=O) groups is 2. The van der Waals surface area contributed by atoms with E-state index in [1.54, 1.807) is 27.6 Å². The van der Waals surface area contributed by atoms with E-state index in [0.717, 1.165) is 41.3 Å². The van der Waals surface area contributed by atoms with E-state index in [2.05, 4.69) is 22.2 Å². The summed E-state index contributed by atoms with van der Waals surface area (Å²) in [5.41, 5.74) is 3.05. The minimum atomic E-state index is -0.462. The molecular weight excluding hydrogens is 428 g/mol. The van der Waals surface area contributed by atoms with Crippen LogP contribution in [0.15, 0.2) is 41.8 Å². The molecule has 2 atom stereocenters. The van der Waals surface area contributed by atoms with Crippen molar-refractivity contribution in [3.8, 4) is 0 Å². The van der Waals surface area contributed by atoms with Crippen LogP contribution in [0.1, 0.15) is 33.5 Å². The highest BCUT2D eigenvalue weighted by Gasteiger charge is 2.46. The molecule has 0 radical (unpaired) electrons. The highest BCUT2D eigenvalue weighted by molar-refractivity contribution is 7.15. The van der Waals surface area contributed by atoms with Crippen LogP contribution in [-0.2, 0) is 22.6 Å². The standard InChI is InChI=1S/C23H24N4O2S2/c1-14-5-7-15(8-6-14)27-20(28)12-16(21(27)18-4-3-11-30-18)22(29)25-23-24-17-9-10-26(2)13-19(17)31-23/h3-8,11,16,21H,9-10,12-13H2,1-2H3,(H,24,25,29)/t16-,21+/m0/s1. The number of nitrogens with one attached hydrogen (secondary N) is 1. The van der Waals surface area contributed by atoms with Crippen molar-refractivity contribution in [2.45, 2.75) is 32.4 Å². The highest BCUT2D eigenvalue weighted by Crippen LogP contribution is 2.43. The quantitative estimate of drug-likeness (QED) is 0.643. The second kappa shape index (κ2) is 8.18. The molecule has 1 N–H and O–H groups in total. The zero-order chi connectivity index (χ0) is 21.5. The predicted octanol–water partition coefficient (Wildman–Crippen LogP) is 4.23. The monoisotopic (exact) mass is 452 g/mol. The maximum Gasteiger partial charge on any atom is 0.232 e. The number of likely N-dealkylation sites (N-methyl/N-ethyl adjacent to an activating group) is 1. The van der Waals surface area contributed by atoms with Crippen LogP contribution in [0, 0.1) is 12.8 Å². The zero-order valence-electron chi connectivity index (χ0n) is 17.5. The van der Waals surface area contributed by atoms with Crippen LogP contribution in [0.25, 0.3) is 0 Å². The van der Waals surface area contributed by atoms with Gasteiger partial charge in [-0.2, -0.15) is 0 Å². The molecule has 2 aromatic heterocycles. The van der Waals surface area contributed by atoms with E-state index in [4.69, 9.17) is 0 Å². The fourth-order valence-corrected chi connectivity index (χ4v) is 6.31. The van der Waals surface area contributed by atoms with Crippen molar-refractivity contribution in [1.82, 2.24) is 9.88 Å². The van der Waals surface area contributed by atoms with Gasteiger partial charge in [0.05, 0.1) is 17.7 Å². The third-order valence-corrected chi connectivity index (χ3v) is 7.90. The van der Waals surface area contributed by atoms with E-state index < -0.39 is 5.92 Å². The molecule has 2 aliphatic rings. The summed E-state index contributed by atoms with van der Waals surface area (Å²) in [6.45, 7) is 3.87. The Bertz CT molecular complexity index is 1110. The molecular formula is C23H24N4O2S2. The predicted molar refractivity (Wildman–Crippen MR) is 125 cm³/mol. The van der Waals surface area contributed by atoms with E-state index in [9.17, 15) is 9.59 Å². The Morgan fingerprint density at radius 2 is 2.03 bits per heavy atom. The summed E-state index contributed by atoms with van der Waals surface area (Å²) in [5.74, 6) is -0.626. The lowest BCUT2D eigenvalue weighted by molar-refractivity contribution is -0.122. The molecule has 1 fully saturated rings. The smallest absolute Gasteiger partial charge is 0.232 e. The fourth-order valence-electron chi connectivity index (χ4n) is 4.34. The first-order chi connectivity index (χ1) is 15.0. The van der Waals surface area contributed by atoms with Gasteiger partial charge in [-0.15, -0.1) is 22.7 Å². The van der Waals surface area contributed by atoms with Crippen molar-refractivity contribution in [3.63, 3.8) is 0 Å². The first kappa shape index (κ1) is 20.4. The van der Waals surface area contributed by atoms with E-state index in [1.807, 2.05) is 48.7 Å². The normalized spacial score (nSPS) is 21.4. The summed E-state index contributed by atoms with van der Waals surface area (Å²) in [6, 6.07) is 11.6. The van der Waals surface area contributed by atoms with Gasteiger partial charge in [0.15, 0.2) is 5.13 Å². The molecule has 0 bridgehead atoms. The number of nitrogens with zero attached hydrogens (tertiary/aromatic N) is 3. The van der Waals surface area contributed by atoms with Crippen molar-refractivity contribution >= 4 is 45.3 Å². The van der Waals surface area contributed by atoms with E-state index >= 15 is 0 Å². The van der Waals surface area contributed by atoms with Gasteiger partial charge in [-0.3, -0.25) is 9.59 Å². The largest absolute Gasteiger partial charge is 0.303 e. The highest BCUT2D eigenvalue weighted by atomic mass is 32.1. The number of carbonyl (C=O) groups excluding carboxylic acids is 2. The molecule has 160 valence electrons. The third-order valence-electron chi connectivity index (χ3n) is 5.96. The minimum absolute atomic E-state index is 0.0255. The van der Waals surface area contributed by atoms with Crippen molar-refractivity contribution in [2.24, 2.45) is 5.92 Å². The summed E-state index contributed by atoms with van der Waals surface area (Å²) >= 11 is 3.12. The molecule has 0 aliphatic carbocycles. The van der Waals surface area contributed by atoms with E-state index in [0.29, 0.717) is 5.13 Å². The summed E-state index contributed by atoms with van der Waals surface area (Å²) in [4.78, 5) is 37.3. The number of benzene rings is 1. The first-order valence-corrected chi connectivity index (χ1v) is 12.1. The number of thiazole rings is 1. The number of fused-ring (bicyclic) bond motifs is 1. The summed E-state index contributed by atoms with van der Waals surface area (Å²) < 4.78 is 0. The number of amides is 2. The molecule has 6 nitrogen and oxygen atoms in total. The van der Waals surface area contributed by atoms with Crippen molar-refractivity contribution in [2.75, 3.05) is 23.8 Å². The fraction of sp³-hybridized carbons (Fsp3) is 0.348. The lowest BCUT2D eigenvalue weighted by Gasteiger charge is -2.27. The second-order valence-electron chi connectivity index (χ2n) is 8.24. The van der Waals surface area contributed by atoms with Crippen molar-refractivity contribution < 1.29 is 9.59 Å². The van der Waals surface area contributed by atoms with Crippen LogP contribution >= 0.6 is 22.7 Å². The van der Waals surface area contributed by atoms with Crippen molar-refractivity contribution in [3.05, 3.63) is 62.8 Å². The number of hydrogen-bond donors (Lipinski definition) is 1. The Morgan fingerprint density at radius 1 is 1.23 bits per heavy atom. The number of aryl methyl sites for hydroxylation is 1. The lowest BCUT2D eigenvalue weighted by Crippen LogP contribution is -2.32. The number of aromatic nitrogens is 1. The van der Waals surface area contributed by atoms with E-state index in [-0.39, 0.29) is 24.3 Å². The summed E-state index contributed by atoms with van der Waals surface area (Å²) in [6.07, 6.45) is 1.09. The average Bonchev–Trinajstić information content (AvgIpc) is 3.46. The Kier molecular flexibility index (Phi) is 5.37. The second-order valence-corrected chi connectivity index (χ2v) is 10.3. The molecule has 1 saturated heterocycles. The zero-order valence-corrected chi connectivity index (χ0v) is 19.1. The van der Waals surface area contributed by atoms with Gasteiger partial charge in [0.25, 0.3) is 0 Å². The first-order valence-electron chi connectivity index (χ1n) is 10.4. The topological polar surface area (TPSA) is 65.5 Å². The van der Waals surface area contributed by atoms with Crippen LogP contribution in [0.5, 0.6) is 0 Å². The molecule has 31 heavy (non-hydrogen) atoms. The van der Waals surface area contributed by atoms with Gasteiger partial charge in [-0.25, -0.2) is 4.98 Å². The van der Waals surface area contributed by atoms with Crippen LogP contribution in [-0.4, -0.2) is 35.3 Å². The molecule has 4 heterocycles. The van der Waals surface area contributed by atoms with Gasteiger partial charge in [0.2, 0.25) is 11.8 Å². The molecule has 0 unspecified atom stereocenters. The SMILES string of the molecule is Cc1ccc(N2C(=O)C[C@H](C(=O)Nc3nc4c(s3)CN(C)CC4)[C@@H]2c2cccs2)cc1. The van der Waals surface area contributed by atoms with Crippen LogP contribution in [0.3, 0.4) is 0 Å². The molecule has 3 aromatic rings. The average molecular weight is 453 g/mol. The lowest BCUT2D eigenvalue weighted by atomic mass is 9.97. The Balaban J connectivity index is 1.43. The minimum Gasteiger partial charge on any atom is -0.303 e. The maximum atomic E-state index is 13.3. The van der Waals surface area contributed by atoms with E-state index in [1.165, 1.54) is 4.88 Å². The van der Waals surface area contributed by atoms with Gasteiger partial charge >= 0.3 is 0 Å². The number of rotatable bonds is 4. The third kappa shape index (κ3) is 3.91. The number of anilines is 2. The number of hydrogen-bond acceptors (Lipinski definition) is 6. The molecule has 8 heteroatoms. The molecule has 1 aromatic carbocycles. The van der Waals surface area contributed by atoms with Gasteiger partial charge in [0, 0.05) is 41.4 Å². The molecule has 5 rings (SSSR count). The summed E-state index contributed by atoms with van der Waals surface area (Å²) in [7, 11) is 2.09. The van der Waals surface area contributed by atoms with Gasteiger partial charge in [-0.05, 0) is 37.6 Å². The summed E-state index contributed by atoms with van der Waals surface area (Å²) in [5, 5.41) is 5.65. The van der Waals surface area contributed by atoms with Crippen LogP contribution in [0.4, 0.5) is 10.8 Å². The Hall–Kier alpha value is -2.55. The molecule has 0 spiro atoms.